The Bertz CT molecular complexity index is 205. The molecule has 0 aromatic carbocycles. The largest absolute Gasteiger partial charge is 0.282 e. The van der Waals surface area contributed by atoms with Crippen LogP contribution >= 0.6 is 11.6 Å². The fourth-order valence-electron chi connectivity index (χ4n) is 1.30. The van der Waals surface area contributed by atoms with E-state index in [0.717, 1.165) is 0 Å². The van der Waals surface area contributed by atoms with Crippen LogP contribution in [0.15, 0.2) is 0 Å². The van der Waals surface area contributed by atoms with Crippen LogP contribution in [0.4, 0.5) is 0 Å². The zero-order valence-electron chi connectivity index (χ0n) is 7.05. The van der Waals surface area contributed by atoms with Crippen molar-refractivity contribution in [3.63, 3.8) is 0 Å². The maximum atomic E-state index is 11.3. The van der Waals surface area contributed by atoms with E-state index < -0.39 is 0 Å². The summed E-state index contributed by atoms with van der Waals surface area (Å²) in [6.07, 6.45) is 1.05. The average molecular weight is 190 g/mol. The lowest BCUT2D eigenvalue weighted by molar-refractivity contribution is -0.139. The predicted molar refractivity (Wildman–Crippen MR) is 45.8 cm³/mol. The summed E-state index contributed by atoms with van der Waals surface area (Å²) in [5.41, 5.74) is 0. The number of carbonyl (C=O) groups is 2. The Morgan fingerprint density at radius 2 is 2.25 bits per heavy atom. The van der Waals surface area contributed by atoms with Gasteiger partial charge in [-0.05, 0) is 6.42 Å². The highest BCUT2D eigenvalue weighted by molar-refractivity contribution is 6.17. The fraction of sp³-hybridized carbons (Fsp3) is 0.750. The van der Waals surface area contributed by atoms with E-state index in [1.54, 1.807) is 6.92 Å². The number of nitrogens with zero attached hydrogens (tertiary/aromatic N) is 1. The van der Waals surface area contributed by atoms with Gasteiger partial charge in [0, 0.05) is 24.8 Å². The first kappa shape index (κ1) is 9.52. The number of hydrogen-bond acceptors (Lipinski definition) is 2. The molecular weight excluding hydrogens is 178 g/mol. The van der Waals surface area contributed by atoms with E-state index in [0.29, 0.717) is 25.3 Å². The van der Waals surface area contributed by atoms with Gasteiger partial charge in [-0.3, -0.25) is 14.5 Å². The van der Waals surface area contributed by atoms with Gasteiger partial charge in [-0.1, -0.05) is 6.92 Å². The summed E-state index contributed by atoms with van der Waals surface area (Å²) < 4.78 is 0. The Balaban J connectivity index is 2.52. The molecule has 0 N–H and O–H groups in total. The molecule has 0 spiro atoms. The Morgan fingerprint density at radius 3 is 2.67 bits per heavy atom. The SMILES string of the molecule is CC1CC(=O)N(CCCCl)C1=O. The fourth-order valence-corrected chi connectivity index (χ4v) is 1.42. The van der Waals surface area contributed by atoms with Gasteiger partial charge in [0.25, 0.3) is 0 Å². The summed E-state index contributed by atoms with van der Waals surface area (Å²) in [7, 11) is 0. The zero-order chi connectivity index (χ0) is 9.14. The minimum absolute atomic E-state index is 0.0508. The number of rotatable bonds is 3. The second-order valence-corrected chi connectivity index (χ2v) is 3.41. The van der Waals surface area contributed by atoms with E-state index in [1.165, 1.54) is 4.90 Å². The van der Waals surface area contributed by atoms with Crippen LogP contribution in [0.25, 0.3) is 0 Å². The number of halogens is 1. The van der Waals surface area contributed by atoms with Crippen molar-refractivity contribution in [3.8, 4) is 0 Å². The Hall–Kier alpha value is -0.570. The van der Waals surface area contributed by atoms with Gasteiger partial charge in [0.2, 0.25) is 11.8 Å². The van der Waals surface area contributed by atoms with Crippen LogP contribution in [-0.2, 0) is 9.59 Å². The summed E-state index contributed by atoms with van der Waals surface area (Å²) in [5.74, 6) is 0.251. The summed E-state index contributed by atoms with van der Waals surface area (Å²) in [6.45, 7) is 2.26. The molecule has 1 aliphatic heterocycles. The third-order valence-corrected chi connectivity index (χ3v) is 2.25. The molecule has 1 fully saturated rings. The number of amides is 2. The van der Waals surface area contributed by atoms with Crippen LogP contribution in [0.1, 0.15) is 19.8 Å². The summed E-state index contributed by atoms with van der Waals surface area (Å²) in [4.78, 5) is 23.8. The van der Waals surface area contributed by atoms with Gasteiger partial charge >= 0.3 is 0 Å². The molecule has 12 heavy (non-hydrogen) atoms. The predicted octanol–water partition coefficient (Wildman–Crippen LogP) is 1.01. The lowest BCUT2D eigenvalue weighted by Gasteiger charge is -2.12. The van der Waals surface area contributed by atoms with E-state index >= 15 is 0 Å². The van der Waals surface area contributed by atoms with E-state index in [4.69, 9.17) is 11.6 Å². The third-order valence-electron chi connectivity index (χ3n) is 1.98. The molecule has 68 valence electrons. The molecule has 0 aromatic heterocycles. The van der Waals surface area contributed by atoms with Crippen LogP contribution in [0.3, 0.4) is 0 Å². The second-order valence-electron chi connectivity index (χ2n) is 3.03. The van der Waals surface area contributed by atoms with Crippen molar-refractivity contribution in [2.45, 2.75) is 19.8 Å². The number of imide groups is 1. The van der Waals surface area contributed by atoms with Gasteiger partial charge in [-0.15, -0.1) is 11.6 Å². The summed E-state index contributed by atoms with van der Waals surface area (Å²) >= 11 is 5.46. The standard InChI is InChI=1S/C8H12ClNO2/c1-6-5-7(11)10(8(6)12)4-2-3-9/h6H,2-5H2,1H3. The molecule has 1 atom stereocenters. The summed E-state index contributed by atoms with van der Waals surface area (Å²) in [6, 6.07) is 0. The van der Waals surface area contributed by atoms with Crippen molar-refractivity contribution in [1.82, 2.24) is 4.90 Å². The first-order valence-electron chi connectivity index (χ1n) is 4.07. The van der Waals surface area contributed by atoms with Crippen LogP contribution in [0.5, 0.6) is 0 Å². The second kappa shape index (κ2) is 3.90. The van der Waals surface area contributed by atoms with Crippen LogP contribution in [0, 0.1) is 5.92 Å². The lowest BCUT2D eigenvalue weighted by Crippen LogP contribution is -2.31. The molecule has 0 bridgehead atoms. The summed E-state index contributed by atoms with van der Waals surface area (Å²) in [5, 5.41) is 0. The average Bonchev–Trinajstić information content (AvgIpc) is 2.25. The van der Waals surface area contributed by atoms with Crippen molar-refractivity contribution in [1.29, 1.82) is 0 Å². The number of carbonyl (C=O) groups excluding carboxylic acids is 2. The maximum Gasteiger partial charge on any atom is 0.232 e. The van der Waals surface area contributed by atoms with E-state index in [9.17, 15) is 9.59 Å². The van der Waals surface area contributed by atoms with Gasteiger partial charge < -0.3 is 0 Å². The molecule has 1 aliphatic rings. The first-order valence-corrected chi connectivity index (χ1v) is 4.60. The van der Waals surface area contributed by atoms with Crippen molar-refractivity contribution in [2.75, 3.05) is 12.4 Å². The number of likely N-dealkylation sites (tertiary alicyclic amines) is 1. The van der Waals surface area contributed by atoms with Gasteiger partial charge in [0.1, 0.15) is 0 Å². The van der Waals surface area contributed by atoms with E-state index in [2.05, 4.69) is 0 Å². The lowest BCUT2D eigenvalue weighted by atomic mass is 10.1. The smallest absolute Gasteiger partial charge is 0.232 e. The van der Waals surface area contributed by atoms with Gasteiger partial charge in [-0.2, -0.15) is 0 Å². The molecule has 0 radical (unpaired) electrons. The monoisotopic (exact) mass is 189 g/mol. The van der Waals surface area contributed by atoms with Crippen molar-refractivity contribution < 1.29 is 9.59 Å². The Morgan fingerprint density at radius 1 is 1.58 bits per heavy atom. The quantitative estimate of drug-likeness (QED) is 0.491. The number of alkyl halides is 1. The van der Waals surface area contributed by atoms with E-state index in [-0.39, 0.29) is 17.7 Å². The van der Waals surface area contributed by atoms with Crippen LogP contribution in [0.2, 0.25) is 0 Å². The zero-order valence-corrected chi connectivity index (χ0v) is 7.80. The van der Waals surface area contributed by atoms with E-state index in [1.807, 2.05) is 0 Å². The molecule has 1 unspecified atom stereocenters. The molecule has 2 amide bonds. The maximum absolute atomic E-state index is 11.3. The molecular formula is C8H12ClNO2. The van der Waals surface area contributed by atoms with Crippen LogP contribution < -0.4 is 0 Å². The van der Waals surface area contributed by atoms with Crippen molar-refractivity contribution in [3.05, 3.63) is 0 Å². The highest BCUT2D eigenvalue weighted by atomic mass is 35.5. The molecule has 1 heterocycles. The minimum Gasteiger partial charge on any atom is -0.282 e. The molecule has 0 saturated carbocycles. The normalized spacial score (nSPS) is 23.8. The first-order chi connectivity index (χ1) is 5.66. The molecule has 3 nitrogen and oxygen atoms in total. The van der Waals surface area contributed by atoms with Gasteiger partial charge in [-0.25, -0.2) is 0 Å². The molecule has 1 saturated heterocycles. The topological polar surface area (TPSA) is 37.4 Å². The highest BCUT2D eigenvalue weighted by Crippen LogP contribution is 2.18. The van der Waals surface area contributed by atoms with Crippen molar-refractivity contribution >= 4 is 23.4 Å². The van der Waals surface area contributed by atoms with Crippen molar-refractivity contribution in [2.24, 2.45) is 5.92 Å². The Labute approximate surface area is 76.7 Å². The molecule has 1 rings (SSSR count). The minimum atomic E-state index is -0.132. The molecule has 0 aromatic rings. The molecule has 4 heteroatoms. The molecule has 0 aliphatic carbocycles. The van der Waals surface area contributed by atoms with Crippen LogP contribution in [-0.4, -0.2) is 29.1 Å². The number of hydrogen-bond donors (Lipinski definition) is 0. The highest BCUT2D eigenvalue weighted by Gasteiger charge is 2.34. The third kappa shape index (κ3) is 1.78. The Kier molecular flexibility index (Phi) is 3.09. The van der Waals surface area contributed by atoms with Gasteiger partial charge in [0.15, 0.2) is 0 Å². The van der Waals surface area contributed by atoms with Gasteiger partial charge in [0.05, 0.1) is 0 Å².